The standard InChI is InChI=1S/C12H16N2O4/c1-8(11(15)16)14-12(17)13-7-9-3-5-10(18-2)6-4-9/h3-6,8H,7H2,1-2H3,(H,15,16)(H2,13,14,17)/t8-/m1/s1. The molecule has 0 fully saturated rings. The summed E-state index contributed by atoms with van der Waals surface area (Å²) in [6, 6.07) is 5.78. The van der Waals surface area contributed by atoms with E-state index in [-0.39, 0.29) is 0 Å². The van der Waals surface area contributed by atoms with Gasteiger partial charge in [0, 0.05) is 6.54 Å². The van der Waals surface area contributed by atoms with Gasteiger partial charge in [-0.15, -0.1) is 0 Å². The Morgan fingerprint density at radius 2 is 1.94 bits per heavy atom. The maximum atomic E-state index is 11.3. The second kappa shape index (κ2) is 6.48. The maximum Gasteiger partial charge on any atom is 0.325 e. The van der Waals surface area contributed by atoms with Crippen LogP contribution in [0.4, 0.5) is 4.79 Å². The molecule has 0 saturated heterocycles. The Balaban J connectivity index is 2.40. The largest absolute Gasteiger partial charge is 0.497 e. The van der Waals surface area contributed by atoms with Gasteiger partial charge in [-0.25, -0.2) is 4.79 Å². The predicted octanol–water partition coefficient (Wildman–Crippen LogP) is 0.967. The summed E-state index contributed by atoms with van der Waals surface area (Å²) < 4.78 is 5.01. The number of carboxylic acids is 1. The molecule has 0 heterocycles. The summed E-state index contributed by atoms with van der Waals surface area (Å²) in [5.41, 5.74) is 0.897. The van der Waals surface area contributed by atoms with Crippen molar-refractivity contribution >= 4 is 12.0 Å². The minimum atomic E-state index is -1.07. The van der Waals surface area contributed by atoms with Gasteiger partial charge < -0.3 is 20.5 Å². The fourth-order valence-electron chi connectivity index (χ4n) is 1.24. The Bertz CT molecular complexity index is 417. The van der Waals surface area contributed by atoms with Gasteiger partial charge in [0.15, 0.2) is 0 Å². The first kappa shape index (κ1) is 13.8. The first-order valence-corrected chi connectivity index (χ1v) is 5.43. The molecule has 98 valence electrons. The predicted molar refractivity (Wildman–Crippen MR) is 65.5 cm³/mol. The molecule has 0 aromatic heterocycles. The molecule has 1 aromatic rings. The Morgan fingerprint density at radius 3 is 2.44 bits per heavy atom. The summed E-state index contributed by atoms with van der Waals surface area (Å²) >= 11 is 0. The number of carbonyl (C=O) groups excluding carboxylic acids is 1. The van der Waals surface area contributed by atoms with Crippen molar-refractivity contribution in [3.63, 3.8) is 0 Å². The third-order valence-electron chi connectivity index (χ3n) is 2.33. The number of hydrogen-bond donors (Lipinski definition) is 3. The number of rotatable bonds is 5. The van der Waals surface area contributed by atoms with Gasteiger partial charge in [-0.2, -0.15) is 0 Å². The zero-order valence-corrected chi connectivity index (χ0v) is 10.3. The molecule has 2 amide bonds. The summed E-state index contributed by atoms with van der Waals surface area (Å²) in [5, 5.41) is 13.5. The molecule has 3 N–H and O–H groups in total. The second-order valence-corrected chi connectivity index (χ2v) is 3.74. The number of urea groups is 1. The summed E-state index contributed by atoms with van der Waals surface area (Å²) in [6.07, 6.45) is 0. The van der Waals surface area contributed by atoms with Gasteiger partial charge in [0.2, 0.25) is 0 Å². The fourth-order valence-corrected chi connectivity index (χ4v) is 1.24. The van der Waals surface area contributed by atoms with E-state index in [0.717, 1.165) is 11.3 Å². The molecule has 6 nitrogen and oxygen atoms in total. The van der Waals surface area contributed by atoms with Gasteiger partial charge in [0.05, 0.1) is 7.11 Å². The smallest absolute Gasteiger partial charge is 0.325 e. The lowest BCUT2D eigenvalue weighted by atomic mass is 10.2. The van der Waals surface area contributed by atoms with E-state index in [1.807, 2.05) is 12.1 Å². The van der Waals surface area contributed by atoms with Crippen LogP contribution in [-0.4, -0.2) is 30.3 Å². The topological polar surface area (TPSA) is 87.7 Å². The van der Waals surface area contributed by atoms with Crippen molar-refractivity contribution < 1.29 is 19.4 Å². The van der Waals surface area contributed by atoms with Gasteiger partial charge in [-0.05, 0) is 24.6 Å². The number of carbonyl (C=O) groups is 2. The molecular formula is C12H16N2O4. The average molecular weight is 252 g/mol. The van der Waals surface area contributed by atoms with E-state index in [0.29, 0.717) is 6.54 Å². The third kappa shape index (κ3) is 4.32. The van der Waals surface area contributed by atoms with Crippen molar-refractivity contribution in [2.24, 2.45) is 0 Å². The van der Waals surface area contributed by atoms with Crippen LogP contribution in [0.15, 0.2) is 24.3 Å². The zero-order valence-electron chi connectivity index (χ0n) is 10.3. The van der Waals surface area contributed by atoms with Crippen molar-refractivity contribution in [2.75, 3.05) is 7.11 Å². The number of benzene rings is 1. The molecule has 0 radical (unpaired) electrons. The minimum absolute atomic E-state index is 0.322. The molecule has 1 atom stereocenters. The summed E-state index contributed by atoms with van der Waals surface area (Å²) in [6.45, 7) is 1.72. The summed E-state index contributed by atoms with van der Waals surface area (Å²) in [5.74, 6) is -0.336. The highest BCUT2D eigenvalue weighted by atomic mass is 16.5. The van der Waals surface area contributed by atoms with Gasteiger partial charge in [0.1, 0.15) is 11.8 Å². The molecule has 0 aliphatic heterocycles. The molecule has 1 aromatic carbocycles. The van der Waals surface area contributed by atoms with Gasteiger partial charge in [0.25, 0.3) is 0 Å². The van der Waals surface area contributed by atoms with Crippen molar-refractivity contribution in [2.45, 2.75) is 19.5 Å². The third-order valence-corrected chi connectivity index (χ3v) is 2.33. The normalized spacial score (nSPS) is 11.4. The Hall–Kier alpha value is -2.24. The molecule has 1 rings (SSSR count). The van der Waals surface area contributed by atoms with E-state index in [1.165, 1.54) is 6.92 Å². The molecule has 0 bridgehead atoms. The SMILES string of the molecule is COc1ccc(CNC(=O)N[C@H](C)C(=O)O)cc1. The van der Waals surface area contributed by atoms with Crippen LogP contribution < -0.4 is 15.4 Å². The van der Waals surface area contributed by atoms with Crippen molar-refractivity contribution in [3.05, 3.63) is 29.8 Å². The van der Waals surface area contributed by atoms with E-state index in [2.05, 4.69) is 10.6 Å². The van der Waals surface area contributed by atoms with Crippen LogP contribution in [0.2, 0.25) is 0 Å². The molecular weight excluding hydrogens is 236 g/mol. The lowest BCUT2D eigenvalue weighted by Gasteiger charge is -2.10. The van der Waals surface area contributed by atoms with E-state index >= 15 is 0 Å². The summed E-state index contributed by atoms with van der Waals surface area (Å²) in [7, 11) is 1.58. The van der Waals surface area contributed by atoms with Crippen molar-refractivity contribution in [1.29, 1.82) is 0 Å². The number of ether oxygens (including phenoxy) is 1. The van der Waals surface area contributed by atoms with E-state index < -0.39 is 18.0 Å². The number of nitrogens with one attached hydrogen (secondary N) is 2. The first-order valence-electron chi connectivity index (χ1n) is 5.43. The molecule has 0 unspecified atom stereocenters. The quantitative estimate of drug-likeness (QED) is 0.728. The van der Waals surface area contributed by atoms with Crippen molar-refractivity contribution in [3.8, 4) is 5.75 Å². The van der Waals surface area contributed by atoms with Crippen LogP contribution in [-0.2, 0) is 11.3 Å². The van der Waals surface area contributed by atoms with Crippen LogP contribution in [0.25, 0.3) is 0 Å². The Labute approximate surface area is 105 Å². The molecule has 0 aliphatic rings. The number of methoxy groups -OCH3 is 1. The van der Waals surface area contributed by atoms with Gasteiger partial charge >= 0.3 is 12.0 Å². The molecule has 0 aliphatic carbocycles. The number of carboxylic acid groups (broad SMARTS) is 1. The Kier molecular flexibility index (Phi) is 4.98. The van der Waals surface area contributed by atoms with Gasteiger partial charge in [-0.1, -0.05) is 12.1 Å². The number of hydrogen-bond acceptors (Lipinski definition) is 3. The van der Waals surface area contributed by atoms with Crippen molar-refractivity contribution in [1.82, 2.24) is 10.6 Å². The number of aliphatic carboxylic acids is 1. The number of amides is 2. The lowest BCUT2D eigenvalue weighted by molar-refractivity contribution is -0.138. The molecule has 6 heteroatoms. The van der Waals surface area contributed by atoms with E-state index in [9.17, 15) is 9.59 Å². The van der Waals surface area contributed by atoms with Crippen LogP contribution in [0.1, 0.15) is 12.5 Å². The fraction of sp³-hybridized carbons (Fsp3) is 0.333. The zero-order chi connectivity index (χ0) is 13.5. The molecule has 0 spiro atoms. The van der Waals surface area contributed by atoms with Crippen LogP contribution >= 0.6 is 0 Å². The highest BCUT2D eigenvalue weighted by Crippen LogP contribution is 2.10. The van der Waals surface area contributed by atoms with E-state index in [4.69, 9.17) is 9.84 Å². The second-order valence-electron chi connectivity index (χ2n) is 3.74. The van der Waals surface area contributed by atoms with Crippen LogP contribution in [0.3, 0.4) is 0 Å². The lowest BCUT2D eigenvalue weighted by Crippen LogP contribution is -2.44. The van der Waals surface area contributed by atoms with Gasteiger partial charge in [-0.3, -0.25) is 4.79 Å². The Morgan fingerprint density at radius 1 is 1.33 bits per heavy atom. The van der Waals surface area contributed by atoms with Crippen LogP contribution in [0.5, 0.6) is 5.75 Å². The monoisotopic (exact) mass is 252 g/mol. The average Bonchev–Trinajstić information content (AvgIpc) is 2.36. The first-order chi connectivity index (χ1) is 8.52. The maximum absolute atomic E-state index is 11.3. The van der Waals surface area contributed by atoms with E-state index in [1.54, 1.807) is 19.2 Å². The molecule has 18 heavy (non-hydrogen) atoms. The minimum Gasteiger partial charge on any atom is -0.497 e. The summed E-state index contributed by atoms with van der Waals surface area (Å²) in [4.78, 5) is 21.9. The molecule has 0 saturated carbocycles. The highest BCUT2D eigenvalue weighted by Gasteiger charge is 2.13. The highest BCUT2D eigenvalue weighted by molar-refractivity contribution is 5.82. The van der Waals surface area contributed by atoms with Crippen LogP contribution in [0, 0.1) is 0 Å².